The molecule has 0 bridgehead atoms. The van der Waals surface area contributed by atoms with Gasteiger partial charge in [-0.25, -0.2) is 0 Å². The van der Waals surface area contributed by atoms with Crippen molar-refractivity contribution in [3.8, 4) is 0 Å². The predicted molar refractivity (Wildman–Crippen MR) is 76.2 cm³/mol. The number of hydrogen-bond donors (Lipinski definition) is 2. The van der Waals surface area contributed by atoms with Crippen molar-refractivity contribution < 1.29 is 9.90 Å². The van der Waals surface area contributed by atoms with E-state index < -0.39 is 11.4 Å². The van der Waals surface area contributed by atoms with Crippen LogP contribution in [0.1, 0.15) is 50.3 Å². The van der Waals surface area contributed by atoms with Gasteiger partial charge in [0.2, 0.25) is 0 Å². The molecule has 1 aliphatic carbocycles. The number of carboxylic acid groups (broad SMARTS) is 1. The highest BCUT2D eigenvalue weighted by atomic mass is 16.4. The summed E-state index contributed by atoms with van der Waals surface area (Å²) in [4.78, 5) is 11.5. The van der Waals surface area contributed by atoms with Crippen LogP contribution in [0.15, 0.2) is 24.3 Å². The standard InChI is InChI=1S/C16H23NO2/c1-3-16(4-2,15(18)19)11-17-14-10-9-12-7-5-6-8-13(12)14/h5-8,14,17H,3-4,9-11H2,1-2H3,(H,18,19). The van der Waals surface area contributed by atoms with Crippen molar-refractivity contribution in [3.05, 3.63) is 35.4 Å². The highest BCUT2D eigenvalue weighted by Crippen LogP contribution is 2.33. The first-order chi connectivity index (χ1) is 9.13. The van der Waals surface area contributed by atoms with E-state index in [9.17, 15) is 9.90 Å². The first-order valence-corrected chi connectivity index (χ1v) is 7.17. The summed E-state index contributed by atoms with van der Waals surface area (Å²) in [6, 6.07) is 8.76. The highest BCUT2D eigenvalue weighted by Gasteiger charge is 2.35. The van der Waals surface area contributed by atoms with Crippen LogP contribution < -0.4 is 5.32 Å². The van der Waals surface area contributed by atoms with E-state index in [0.29, 0.717) is 25.4 Å². The molecule has 0 saturated heterocycles. The molecule has 104 valence electrons. The summed E-state index contributed by atoms with van der Waals surface area (Å²) in [7, 11) is 0. The molecule has 19 heavy (non-hydrogen) atoms. The quantitative estimate of drug-likeness (QED) is 0.827. The number of aliphatic carboxylic acids is 1. The molecule has 0 spiro atoms. The van der Waals surface area contributed by atoms with Crippen LogP contribution in [0.25, 0.3) is 0 Å². The molecule has 1 aromatic rings. The molecule has 0 saturated carbocycles. The Balaban J connectivity index is 2.05. The average molecular weight is 261 g/mol. The van der Waals surface area contributed by atoms with Crippen molar-refractivity contribution >= 4 is 5.97 Å². The molecule has 3 heteroatoms. The summed E-state index contributed by atoms with van der Waals surface area (Å²) < 4.78 is 0. The third-order valence-electron chi connectivity index (χ3n) is 4.63. The van der Waals surface area contributed by atoms with E-state index in [1.807, 2.05) is 13.8 Å². The number of rotatable bonds is 6. The Bertz CT molecular complexity index is 452. The molecule has 0 aromatic heterocycles. The van der Waals surface area contributed by atoms with Gasteiger partial charge in [-0.2, -0.15) is 0 Å². The van der Waals surface area contributed by atoms with E-state index in [2.05, 4.69) is 29.6 Å². The first-order valence-electron chi connectivity index (χ1n) is 7.17. The topological polar surface area (TPSA) is 49.3 Å². The van der Waals surface area contributed by atoms with Gasteiger partial charge in [0.15, 0.2) is 0 Å². The van der Waals surface area contributed by atoms with Crippen molar-refractivity contribution in [2.75, 3.05) is 6.54 Å². The molecule has 1 unspecified atom stereocenters. The van der Waals surface area contributed by atoms with Crippen LogP contribution in [-0.4, -0.2) is 17.6 Å². The summed E-state index contributed by atoms with van der Waals surface area (Å²) in [6.07, 6.45) is 3.50. The second-order valence-corrected chi connectivity index (χ2v) is 5.46. The molecule has 0 aliphatic heterocycles. The van der Waals surface area contributed by atoms with Crippen LogP contribution in [0.5, 0.6) is 0 Å². The fourth-order valence-electron chi connectivity index (χ4n) is 2.97. The molecule has 1 atom stereocenters. The van der Waals surface area contributed by atoms with Gasteiger partial charge in [0.05, 0.1) is 5.41 Å². The predicted octanol–water partition coefficient (Wildman–Crippen LogP) is 3.15. The smallest absolute Gasteiger partial charge is 0.310 e. The number of fused-ring (bicyclic) bond motifs is 1. The number of carboxylic acids is 1. The van der Waals surface area contributed by atoms with Gasteiger partial charge in [-0.3, -0.25) is 4.79 Å². The number of hydrogen-bond acceptors (Lipinski definition) is 2. The van der Waals surface area contributed by atoms with Gasteiger partial charge in [-0.05, 0) is 36.8 Å². The summed E-state index contributed by atoms with van der Waals surface area (Å²) in [5, 5.41) is 12.9. The van der Waals surface area contributed by atoms with E-state index in [0.717, 1.165) is 12.8 Å². The summed E-state index contributed by atoms with van der Waals surface area (Å²) in [6.45, 7) is 4.47. The van der Waals surface area contributed by atoms with E-state index in [1.165, 1.54) is 11.1 Å². The number of carbonyl (C=O) groups is 1. The van der Waals surface area contributed by atoms with Crippen LogP contribution in [0.2, 0.25) is 0 Å². The third kappa shape index (κ3) is 2.66. The zero-order valence-electron chi connectivity index (χ0n) is 11.8. The van der Waals surface area contributed by atoms with E-state index in [4.69, 9.17) is 0 Å². The zero-order valence-corrected chi connectivity index (χ0v) is 11.8. The molecule has 0 heterocycles. The minimum absolute atomic E-state index is 0.313. The molecular weight excluding hydrogens is 238 g/mol. The molecule has 1 aliphatic rings. The Labute approximate surface area is 115 Å². The Morgan fingerprint density at radius 3 is 2.68 bits per heavy atom. The second kappa shape index (κ2) is 5.74. The van der Waals surface area contributed by atoms with Crippen LogP contribution in [-0.2, 0) is 11.2 Å². The lowest BCUT2D eigenvalue weighted by Gasteiger charge is -2.29. The normalized spacial score (nSPS) is 18.3. The molecule has 2 rings (SSSR count). The molecule has 3 nitrogen and oxygen atoms in total. The molecule has 0 amide bonds. The van der Waals surface area contributed by atoms with Gasteiger partial charge < -0.3 is 10.4 Å². The lowest BCUT2D eigenvalue weighted by atomic mass is 9.82. The van der Waals surface area contributed by atoms with Crippen LogP contribution >= 0.6 is 0 Å². The van der Waals surface area contributed by atoms with Crippen molar-refractivity contribution in [1.82, 2.24) is 5.32 Å². The van der Waals surface area contributed by atoms with Crippen molar-refractivity contribution in [2.24, 2.45) is 5.41 Å². The third-order valence-corrected chi connectivity index (χ3v) is 4.63. The lowest BCUT2D eigenvalue weighted by Crippen LogP contribution is -2.41. The van der Waals surface area contributed by atoms with Gasteiger partial charge in [-0.1, -0.05) is 38.1 Å². The lowest BCUT2D eigenvalue weighted by molar-refractivity contribution is -0.149. The Morgan fingerprint density at radius 2 is 2.05 bits per heavy atom. The van der Waals surface area contributed by atoms with E-state index >= 15 is 0 Å². The summed E-state index contributed by atoms with van der Waals surface area (Å²) in [5.41, 5.74) is 2.11. The van der Waals surface area contributed by atoms with Crippen LogP contribution in [0.4, 0.5) is 0 Å². The van der Waals surface area contributed by atoms with Crippen LogP contribution in [0.3, 0.4) is 0 Å². The minimum Gasteiger partial charge on any atom is -0.481 e. The maximum atomic E-state index is 11.5. The van der Waals surface area contributed by atoms with Crippen molar-refractivity contribution in [1.29, 1.82) is 0 Å². The van der Waals surface area contributed by atoms with Gasteiger partial charge in [0, 0.05) is 12.6 Å². The van der Waals surface area contributed by atoms with Gasteiger partial charge in [-0.15, -0.1) is 0 Å². The number of benzene rings is 1. The van der Waals surface area contributed by atoms with Crippen molar-refractivity contribution in [3.63, 3.8) is 0 Å². The molecular formula is C16H23NO2. The maximum Gasteiger partial charge on any atom is 0.310 e. The van der Waals surface area contributed by atoms with Crippen LogP contribution in [0, 0.1) is 5.41 Å². The Kier molecular flexibility index (Phi) is 4.25. The number of nitrogens with one attached hydrogen (secondary N) is 1. The SMILES string of the molecule is CCC(CC)(CNC1CCc2ccccc21)C(=O)O. The summed E-state index contributed by atoms with van der Waals surface area (Å²) in [5.74, 6) is -0.684. The van der Waals surface area contributed by atoms with Crippen molar-refractivity contribution in [2.45, 2.75) is 45.6 Å². The average Bonchev–Trinajstić information content (AvgIpc) is 2.84. The first kappa shape index (κ1) is 14.1. The highest BCUT2D eigenvalue weighted by molar-refractivity contribution is 5.74. The largest absolute Gasteiger partial charge is 0.481 e. The molecule has 2 N–H and O–H groups in total. The second-order valence-electron chi connectivity index (χ2n) is 5.46. The monoisotopic (exact) mass is 261 g/mol. The van der Waals surface area contributed by atoms with E-state index in [1.54, 1.807) is 0 Å². The molecule has 0 radical (unpaired) electrons. The van der Waals surface area contributed by atoms with E-state index in [-0.39, 0.29) is 0 Å². The fourth-order valence-corrected chi connectivity index (χ4v) is 2.97. The molecule has 0 fully saturated rings. The Hall–Kier alpha value is -1.35. The maximum absolute atomic E-state index is 11.5. The molecule has 1 aromatic carbocycles. The zero-order chi connectivity index (χ0) is 13.9. The Morgan fingerprint density at radius 1 is 1.37 bits per heavy atom. The van der Waals surface area contributed by atoms with Gasteiger partial charge >= 0.3 is 5.97 Å². The minimum atomic E-state index is -0.684. The number of aryl methyl sites for hydroxylation is 1. The van der Waals surface area contributed by atoms with Gasteiger partial charge in [0.25, 0.3) is 0 Å². The fraction of sp³-hybridized carbons (Fsp3) is 0.562. The van der Waals surface area contributed by atoms with Gasteiger partial charge in [0.1, 0.15) is 0 Å². The summed E-state index contributed by atoms with van der Waals surface area (Å²) >= 11 is 0.